The molecular weight excluding hydrogens is 298 g/mol. The number of hydrogen-bond donors (Lipinski definition) is 1. The van der Waals surface area contributed by atoms with Gasteiger partial charge >= 0.3 is 0 Å². The van der Waals surface area contributed by atoms with E-state index in [0.717, 1.165) is 0 Å². The number of aromatic nitrogens is 1. The first kappa shape index (κ1) is 15.3. The Labute approximate surface area is 124 Å². The molecule has 1 aromatic rings. The molecule has 0 spiro atoms. The van der Waals surface area contributed by atoms with Crippen molar-refractivity contribution in [3.8, 4) is 0 Å². The first-order valence-corrected chi connectivity index (χ1v) is 8.17. The maximum atomic E-state index is 12.6. The molecule has 1 saturated heterocycles. The summed E-state index contributed by atoms with van der Waals surface area (Å²) >= 11 is 4.80. The van der Waals surface area contributed by atoms with Gasteiger partial charge in [0.2, 0.25) is 10.0 Å². The fourth-order valence-corrected chi connectivity index (χ4v) is 3.83. The minimum atomic E-state index is -3.56. The lowest BCUT2D eigenvalue weighted by Gasteiger charge is -2.33. The zero-order valence-electron chi connectivity index (χ0n) is 11.2. The Morgan fingerprint density at radius 3 is 2.90 bits per heavy atom. The number of nitrogens with zero attached hydrogens (tertiary/aromatic N) is 2. The van der Waals surface area contributed by atoms with Gasteiger partial charge in [0.05, 0.1) is 18.9 Å². The Hall–Kier alpha value is -1.09. The van der Waals surface area contributed by atoms with Crippen LogP contribution in [0, 0.1) is 0 Å². The maximum Gasteiger partial charge on any atom is 0.245 e. The van der Waals surface area contributed by atoms with Crippen LogP contribution in [-0.4, -0.2) is 48.5 Å². The van der Waals surface area contributed by atoms with Crippen molar-refractivity contribution in [2.75, 3.05) is 19.8 Å². The normalized spacial score (nSPS) is 20.8. The topological polar surface area (TPSA) is 85.5 Å². The van der Waals surface area contributed by atoms with E-state index >= 15 is 0 Å². The van der Waals surface area contributed by atoms with Crippen LogP contribution in [0.4, 0.5) is 0 Å². The molecule has 1 aliphatic heterocycles. The van der Waals surface area contributed by atoms with Crippen LogP contribution in [0.2, 0.25) is 0 Å². The van der Waals surface area contributed by atoms with Crippen molar-refractivity contribution in [3.63, 3.8) is 0 Å². The monoisotopic (exact) mass is 315 g/mol. The highest BCUT2D eigenvalue weighted by atomic mass is 32.2. The van der Waals surface area contributed by atoms with Crippen molar-refractivity contribution in [3.05, 3.63) is 24.0 Å². The summed E-state index contributed by atoms with van der Waals surface area (Å²) in [5, 5.41) is 0. The van der Waals surface area contributed by atoms with Gasteiger partial charge in [0.1, 0.15) is 9.88 Å². The van der Waals surface area contributed by atoms with Crippen molar-refractivity contribution in [2.45, 2.75) is 24.3 Å². The van der Waals surface area contributed by atoms with Crippen LogP contribution in [0.25, 0.3) is 0 Å². The summed E-state index contributed by atoms with van der Waals surface area (Å²) in [7, 11) is -3.56. The summed E-state index contributed by atoms with van der Waals surface area (Å²) in [6.45, 7) is 3.14. The molecule has 0 radical (unpaired) electrons. The van der Waals surface area contributed by atoms with Crippen LogP contribution in [0.3, 0.4) is 0 Å². The molecule has 8 heteroatoms. The van der Waals surface area contributed by atoms with Gasteiger partial charge in [-0.3, -0.25) is 4.98 Å². The minimum Gasteiger partial charge on any atom is -0.388 e. The molecule has 0 amide bonds. The molecule has 110 valence electrons. The van der Waals surface area contributed by atoms with E-state index in [2.05, 4.69) is 4.98 Å². The number of pyridine rings is 1. The molecule has 20 heavy (non-hydrogen) atoms. The lowest BCUT2D eigenvalue weighted by atomic mass is 10.2. The van der Waals surface area contributed by atoms with Gasteiger partial charge in [-0.2, -0.15) is 4.31 Å². The number of thiocarbonyl (C=S) groups is 1. The van der Waals surface area contributed by atoms with Crippen LogP contribution in [0.15, 0.2) is 23.2 Å². The molecule has 0 saturated carbocycles. The number of ether oxygens (including phenoxy) is 1. The first-order valence-electron chi connectivity index (χ1n) is 6.32. The Morgan fingerprint density at radius 1 is 1.60 bits per heavy atom. The summed E-state index contributed by atoms with van der Waals surface area (Å²) in [5.74, 6) is 0. The molecule has 1 atom stereocenters. The van der Waals surface area contributed by atoms with E-state index in [-0.39, 0.29) is 15.9 Å². The molecule has 0 aromatic carbocycles. The van der Waals surface area contributed by atoms with E-state index in [1.165, 1.54) is 22.6 Å². The summed E-state index contributed by atoms with van der Waals surface area (Å²) in [5.41, 5.74) is 5.86. The largest absolute Gasteiger partial charge is 0.388 e. The van der Waals surface area contributed by atoms with Gasteiger partial charge < -0.3 is 10.5 Å². The molecule has 1 aliphatic rings. The minimum absolute atomic E-state index is 0.135. The van der Waals surface area contributed by atoms with Crippen molar-refractivity contribution in [1.29, 1.82) is 0 Å². The number of morpholine rings is 1. The zero-order valence-corrected chi connectivity index (χ0v) is 12.8. The van der Waals surface area contributed by atoms with E-state index in [9.17, 15) is 8.42 Å². The molecule has 1 unspecified atom stereocenters. The second-order valence-electron chi connectivity index (χ2n) is 4.50. The van der Waals surface area contributed by atoms with Crippen molar-refractivity contribution in [2.24, 2.45) is 5.73 Å². The molecule has 0 bridgehead atoms. The molecule has 1 fully saturated rings. The zero-order chi connectivity index (χ0) is 14.8. The van der Waals surface area contributed by atoms with Crippen LogP contribution in [0.1, 0.15) is 19.0 Å². The average Bonchev–Trinajstić information content (AvgIpc) is 2.47. The molecule has 2 heterocycles. The van der Waals surface area contributed by atoms with Crippen molar-refractivity contribution >= 4 is 27.2 Å². The fourth-order valence-electron chi connectivity index (χ4n) is 2.09. The molecular formula is C12H17N3O3S2. The third kappa shape index (κ3) is 2.98. The van der Waals surface area contributed by atoms with Crippen LogP contribution >= 0.6 is 12.2 Å². The summed E-state index contributed by atoms with van der Waals surface area (Å²) in [6.07, 6.45) is 2.00. The van der Waals surface area contributed by atoms with Gasteiger partial charge in [-0.05, 0) is 18.6 Å². The Bertz CT molecular complexity index is 586. The highest BCUT2D eigenvalue weighted by Gasteiger charge is 2.33. The number of nitrogens with two attached hydrogens (primary N) is 1. The highest BCUT2D eigenvalue weighted by Crippen LogP contribution is 2.21. The SMILES string of the molecule is CCC1COCCN1S(=O)(=O)c1ccc(C(N)=S)nc1. The van der Waals surface area contributed by atoms with Gasteiger partial charge in [-0.25, -0.2) is 8.42 Å². The summed E-state index contributed by atoms with van der Waals surface area (Å²) in [4.78, 5) is 4.28. The summed E-state index contributed by atoms with van der Waals surface area (Å²) < 4.78 is 32.0. The van der Waals surface area contributed by atoms with Crippen LogP contribution in [-0.2, 0) is 14.8 Å². The second kappa shape index (κ2) is 6.13. The van der Waals surface area contributed by atoms with Crippen LogP contribution < -0.4 is 5.73 Å². The Kier molecular flexibility index (Phi) is 4.69. The lowest BCUT2D eigenvalue weighted by Crippen LogP contribution is -2.48. The third-order valence-corrected chi connectivity index (χ3v) is 5.38. The van der Waals surface area contributed by atoms with E-state index in [4.69, 9.17) is 22.7 Å². The Balaban J connectivity index is 2.31. The molecule has 0 aliphatic carbocycles. The predicted molar refractivity (Wildman–Crippen MR) is 78.9 cm³/mol. The number of hydrogen-bond acceptors (Lipinski definition) is 5. The van der Waals surface area contributed by atoms with Crippen molar-refractivity contribution in [1.82, 2.24) is 9.29 Å². The van der Waals surface area contributed by atoms with E-state index in [0.29, 0.717) is 31.9 Å². The van der Waals surface area contributed by atoms with Gasteiger partial charge in [0.25, 0.3) is 0 Å². The van der Waals surface area contributed by atoms with Gasteiger partial charge in [0, 0.05) is 18.8 Å². The summed E-state index contributed by atoms with van der Waals surface area (Å²) in [6, 6.07) is 2.87. The van der Waals surface area contributed by atoms with Gasteiger partial charge in [0.15, 0.2) is 0 Å². The van der Waals surface area contributed by atoms with Crippen LogP contribution in [0.5, 0.6) is 0 Å². The lowest BCUT2D eigenvalue weighted by molar-refractivity contribution is 0.0314. The standard InChI is InChI=1S/C12H17N3O3S2/c1-2-9-8-18-6-5-15(9)20(16,17)10-3-4-11(12(13)19)14-7-10/h3-4,7,9H,2,5-6,8H2,1H3,(H2,13,19). The first-order chi connectivity index (χ1) is 9.46. The maximum absolute atomic E-state index is 12.6. The Morgan fingerprint density at radius 2 is 2.35 bits per heavy atom. The number of sulfonamides is 1. The smallest absolute Gasteiger partial charge is 0.245 e. The fraction of sp³-hybridized carbons (Fsp3) is 0.500. The molecule has 6 nitrogen and oxygen atoms in total. The predicted octanol–water partition coefficient (Wildman–Crippen LogP) is 0.515. The van der Waals surface area contributed by atoms with Gasteiger partial charge in [-0.15, -0.1) is 0 Å². The average molecular weight is 315 g/mol. The van der Waals surface area contributed by atoms with E-state index in [1.54, 1.807) is 0 Å². The third-order valence-electron chi connectivity index (χ3n) is 3.24. The quantitative estimate of drug-likeness (QED) is 0.815. The van der Waals surface area contributed by atoms with E-state index < -0.39 is 10.0 Å². The van der Waals surface area contributed by atoms with Crippen molar-refractivity contribution < 1.29 is 13.2 Å². The highest BCUT2D eigenvalue weighted by molar-refractivity contribution is 7.89. The van der Waals surface area contributed by atoms with E-state index in [1.807, 2.05) is 6.92 Å². The molecule has 2 N–H and O–H groups in total. The van der Waals surface area contributed by atoms with Gasteiger partial charge in [-0.1, -0.05) is 19.1 Å². The molecule has 1 aromatic heterocycles. The number of rotatable bonds is 4. The second-order valence-corrected chi connectivity index (χ2v) is 6.83. The molecule has 2 rings (SSSR count).